The molecule has 0 radical (unpaired) electrons. The van der Waals surface area contributed by atoms with Crippen molar-refractivity contribution in [3.8, 4) is 11.4 Å². The van der Waals surface area contributed by atoms with Crippen molar-refractivity contribution in [3.05, 3.63) is 18.5 Å². The fourth-order valence-corrected chi connectivity index (χ4v) is 3.77. The SMILES string of the molecule is CS(=O)(=O)c1nccc(-c2n[nH]c3nc(NCCN4CCCCC4)ncc23)n1. The summed E-state index contributed by atoms with van der Waals surface area (Å²) < 4.78 is 23.4. The van der Waals surface area contributed by atoms with Crippen LogP contribution in [0.3, 0.4) is 0 Å². The van der Waals surface area contributed by atoms with Crippen molar-refractivity contribution in [2.75, 3.05) is 37.8 Å². The lowest BCUT2D eigenvalue weighted by molar-refractivity contribution is 0.237. The highest BCUT2D eigenvalue weighted by Gasteiger charge is 2.16. The van der Waals surface area contributed by atoms with E-state index in [-0.39, 0.29) is 5.16 Å². The molecule has 0 unspecified atom stereocenters. The third-order valence-electron chi connectivity index (χ3n) is 4.69. The molecular formula is C17H22N8O2S. The van der Waals surface area contributed by atoms with Crippen LogP contribution in [0.4, 0.5) is 5.95 Å². The van der Waals surface area contributed by atoms with Crippen LogP contribution in [0, 0.1) is 0 Å². The van der Waals surface area contributed by atoms with Crippen LogP contribution < -0.4 is 5.32 Å². The summed E-state index contributed by atoms with van der Waals surface area (Å²) in [5, 5.41) is 10.8. The van der Waals surface area contributed by atoms with Crippen LogP contribution in [-0.4, -0.2) is 75.9 Å². The van der Waals surface area contributed by atoms with Gasteiger partial charge in [-0.05, 0) is 32.0 Å². The van der Waals surface area contributed by atoms with Crippen molar-refractivity contribution in [1.82, 2.24) is 35.0 Å². The molecule has 2 N–H and O–H groups in total. The highest BCUT2D eigenvalue weighted by Crippen LogP contribution is 2.24. The minimum Gasteiger partial charge on any atom is -0.353 e. The smallest absolute Gasteiger partial charge is 0.247 e. The molecule has 28 heavy (non-hydrogen) atoms. The molecule has 4 rings (SSSR count). The van der Waals surface area contributed by atoms with Crippen LogP contribution in [0.5, 0.6) is 0 Å². The van der Waals surface area contributed by atoms with E-state index in [0.29, 0.717) is 28.4 Å². The molecule has 0 aliphatic carbocycles. The molecule has 3 aromatic rings. The molecule has 148 valence electrons. The summed E-state index contributed by atoms with van der Waals surface area (Å²) in [7, 11) is -3.50. The molecule has 1 aliphatic rings. The first-order valence-corrected chi connectivity index (χ1v) is 11.1. The van der Waals surface area contributed by atoms with Gasteiger partial charge in [-0.2, -0.15) is 10.1 Å². The number of piperidine rings is 1. The normalized spacial score (nSPS) is 15.8. The molecule has 10 nitrogen and oxygen atoms in total. The maximum atomic E-state index is 11.7. The Balaban J connectivity index is 1.50. The predicted molar refractivity (Wildman–Crippen MR) is 105 cm³/mol. The number of aromatic amines is 1. The molecular weight excluding hydrogens is 380 g/mol. The van der Waals surface area contributed by atoms with Gasteiger partial charge in [0.05, 0.1) is 11.1 Å². The first-order chi connectivity index (χ1) is 13.5. The molecule has 0 amide bonds. The van der Waals surface area contributed by atoms with Crippen LogP contribution in [0.15, 0.2) is 23.6 Å². The highest BCUT2D eigenvalue weighted by atomic mass is 32.2. The van der Waals surface area contributed by atoms with Crippen molar-refractivity contribution in [3.63, 3.8) is 0 Å². The minimum absolute atomic E-state index is 0.238. The van der Waals surface area contributed by atoms with E-state index >= 15 is 0 Å². The van der Waals surface area contributed by atoms with Crippen molar-refractivity contribution in [1.29, 1.82) is 0 Å². The molecule has 0 saturated carbocycles. The third-order valence-corrected chi connectivity index (χ3v) is 5.55. The molecule has 1 saturated heterocycles. The maximum Gasteiger partial charge on any atom is 0.247 e. The average Bonchev–Trinajstić information content (AvgIpc) is 3.12. The number of H-pyrrole nitrogens is 1. The first-order valence-electron chi connectivity index (χ1n) is 9.21. The lowest BCUT2D eigenvalue weighted by Gasteiger charge is -2.26. The zero-order valence-electron chi connectivity index (χ0n) is 15.6. The molecule has 0 spiro atoms. The number of nitrogens with one attached hydrogen (secondary N) is 2. The van der Waals surface area contributed by atoms with Gasteiger partial charge in [-0.1, -0.05) is 6.42 Å². The van der Waals surface area contributed by atoms with Gasteiger partial charge < -0.3 is 10.2 Å². The Morgan fingerprint density at radius 1 is 1.18 bits per heavy atom. The Morgan fingerprint density at radius 2 is 2.00 bits per heavy atom. The third kappa shape index (κ3) is 4.09. The number of fused-ring (bicyclic) bond motifs is 1. The fourth-order valence-electron chi connectivity index (χ4n) is 3.25. The van der Waals surface area contributed by atoms with E-state index in [1.54, 1.807) is 12.3 Å². The van der Waals surface area contributed by atoms with Crippen molar-refractivity contribution in [2.24, 2.45) is 0 Å². The number of hydrogen-bond acceptors (Lipinski definition) is 9. The molecule has 0 bridgehead atoms. The summed E-state index contributed by atoms with van der Waals surface area (Å²) in [5.41, 5.74) is 1.45. The first kappa shape index (κ1) is 18.7. The Hall–Kier alpha value is -2.66. The Kier molecular flexibility index (Phi) is 5.18. The molecule has 11 heteroatoms. The summed E-state index contributed by atoms with van der Waals surface area (Å²) in [5.74, 6) is 0.527. The summed E-state index contributed by atoms with van der Waals surface area (Å²) in [6.07, 6.45) is 7.99. The monoisotopic (exact) mass is 402 g/mol. The highest BCUT2D eigenvalue weighted by molar-refractivity contribution is 7.90. The van der Waals surface area contributed by atoms with E-state index in [1.165, 1.54) is 25.5 Å². The standard InChI is InChI=1S/C17H22N8O2S/c1-28(26,27)17-19-6-5-13(21-17)14-12-11-20-16(22-15(12)24-23-14)18-7-10-25-8-3-2-4-9-25/h5-6,11H,2-4,7-10H2,1H3,(H2,18,20,22,23,24). The molecule has 3 aromatic heterocycles. The van der Waals surface area contributed by atoms with Gasteiger partial charge >= 0.3 is 0 Å². The van der Waals surface area contributed by atoms with Gasteiger partial charge in [-0.25, -0.2) is 23.4 Å². The summed E-state index contributed by atoms with van der Waals surface area (Å²) in [6, 6.07) is 1.61. The second kappa shape index (κ2) is 7.76. The van der Waals surface area contributed by atoms with Crippen molar-refractivity contribution < 1.29 is 8.42 Å². The van der Waals surface area contributed by atoms with Gasteiger partial charge in [-0.3, -0.25) is 5.10 Å². The summed E-state index contributed by atoms with van der Waals surface area (Å²) in [4.78, 5) is 19.2. The second-order valence-corrected chi connectivity index (χ2v) is 8.76. The Morgan fingerprint density at radius 3 is 2.79 bits per heavy atom. The van der Waals surface area contributed by atoms with Gasteiger partial charge in [0.1, 0.15) is 5.69 Å². The van der Waals surface area contributed by atoms with Gasteiger partial charge in [0.15, 0.2) is 5.65 Å². The number of anilines is 1. The number of sulfone groups is 1. The number of nitrogens with zero attached hydrogens (tertiary/aromatic N) is 6. The largest absolute Gasteiger partial charge is 0.353 e. The van der Waals surface area contributed by atoms with E-state index in [4.69, 9.17) is 0 Å². The molecule has 1 fully saturated rings. The minimum atomic E-state index is -3.50. The number of hydrogen-bond donors (Lipinski definition) is 2. The van der Waals surface area contributed by atoms with Gasteiger partial charge in [-0.15, -0.1) is 0 Å². The molecule has 1 aliphatic heterocycles. The van der Waals surface area contributed by atoms with E-state index < -0.39 is 9.84 Å². The predicted octanol–water partition coefficient (Wildman–Crippen LogP) is 1.11. The Bertz CT molecular complexity index is 1080. The zero-order valence-corrected chi connectivity index (χ0v) is 16.4. The quantitative estimate of drug-likeness (QED) is 0.582. The van der Waals surface area contributed by atoms with Crippen LogP contribution in [0.1, 0.15) is 19.3 Å². The van der Waals surface area contributed by atoms with Gasteiger partial charge in [0, 0.05) is 31.7 Å². The topological polar surface area (TPSA) is 130 Å². The molecule has 4 heterocycles. The van der Waals surface area contributed by atoms with E-state index in [1.807, 2.05) is 0 Å². The second-order valence-electron chi connectivity index (χ2n) is 6.85. The number of likely N-dealkylation sites (tertiary alicyclic amines) is 1. The van der Waals surface area contributed by atoms with E-state index in [2.05, 4.69) is 40.3 Å². The summed E-state index contributed by atoms with van der Waals surface area (Å²) >= 11 is 0. The molecule has 0 aromatic carbocycles. The van der Waals surface area contributed by atoms with E-state index in [0.717, 1.165) is 32.4 Å². The lowest BCUT2D eigenvalue weighted by Crippen LogP contribution is -2.33. The van der Waals surface area contributed by atoms with Gasteiger partial charge in [0.25, 0.3) is 0 Å². The zero-order chi connectivity index (χ0) is 19.6. The van der Waals surface area contributed by atoms with Crippen molar-refractivity contribution >= 4 is 26.8 Å². The van der Waals surface area contributed by atoms with Crippen LogP contribution in [0.2, 0.25) is 0 Å². The van der Waals surface area contributed by atoms with Gasteiger partial charge in [0.2, 0.25) is 20.9 Å². The number of rotatable bonds is 6. The summed E-state index contributed by atoms with van der Waals surface area (Å²) in [6.45, 7) is 4.04. The van der Waals surface area contributed by atoms with Crippen LogP contribution in [-0.2, 0) is 9.84 Å². The fraction of sp³-hybridized carbons (Fsp3) is 0.471. The van der Waals surface area contributed by atoms with Crippen LogP contribution >= 0.6 is 0 Å². The van der Waals surface area contributed by atoms with Crippen molar-refractivity contribution in [2.45, 2.75) is 24.4 Å². The molecule has 0 atom stereocenters. The Labute approximate surface area is 162 Å². The van der Waals surface area contributed by atoms with Crippen LogP contribution in [0.25, 0.3) is 22.4 Å². The lowest BCUT2D eigenvalue weighted by atomic mass is 10.1. The number of aromatic nitrogens is 6. The average molecular weight is 402 g/mol. The van der Waals surface area contributed by atoms with E-state index in [9.17, 15) is 8.42 Å². The maximum absolute atomic E-state index is 11.7.